The van der Waals surface area contributed by atoms with Gasteiger partial charge in [0.1, 0.15) is 85.5 Å². The molecule has 9 aliphatic rings. The summed E-state index contributed by atoms with van der Waals surface area (Å²) in [5, 5.41) is 153. The second-order valence-electron chi connectivity index (χ2n) is 26.0. The van der Waals surface area contributed by atoms with Crippen molar-refractivity contribution >= 4 is 5.97 Å². The first-order chi connectivity index (χ1) is 35.5. The van der Waals surface area contributed by atoms with Gasteiger partial charge in [0.2, 0.25) is 0 Å². The van der Waals surface area contributed by atoms with Crippen molar-refractivity contribution in [3.05, 3.63) is 11.6 Å². The molecule has 9 rings (SSSR count). The quantitative estimate of drug-likeness (QED) is 0.0753. The minimum atomic E-state index is -2.20. The van der Waals surface area contributed by atoms with Crippen LogP contribution in [0.15, 0.2) is 11.6 Å². The summed E-state index contributed by atoms with van der Waals surface area (Å²) in [5.41, 5.74) is -0.759. The van der Waals surface area contributed by atoms with Crippen molar-refractivity contribution in [1.82, 2.24) is 0 Å². The molecule has 28 atom stereocenters. The minimum absolute atomic E-state index is 0.000714. The molecular formula is C53H86O23. The van der Waals surface area contributed by atoms with E-state index in [1.54, 1.807) is 0 Å². The molecule has 4 saturated carbocycles. The molecule has 14 N–H and O–H groups in total. The van der Waals surface area contributed by atoms with Crippen LogP contribution in [-0.4, -0.2) is 233 Å². The van der Waals surface area contributed by atoms with Crippen LogP contribution >= 0.6 is 0 Å². The largest absolute Gasteiger partial charge is 0.479 e. The van der Waals surface area contributed by atoms with E-state index in [2.05, 4.69) is 54.5 Å². The van der Waals surface area contributed by atoms with Gasteiger partial charge in [-0.25, -0.2) is 4.79 Å². The summed E-state index contributed by atoms with van der Waals surface area (Å²) in [6, 6.07) is 0. The minimum Gasteiger partial charge on any atom is -0.479 e. The molecule has 28 unspecified atom stereocenters. The van der Waals surface area contributed by atoms with Crippen LogP contribution in [0.25, 0.3) is 0 Å². The Labute approximate surface area is 442 Å². The average Bonchev–Trinajstić information content (AvgIpc) is 3.56. The average molecular weight is 1090 g/mol. The lowest BCUT2D eigenvalue weighted by Crippen LogP contribution is -2.69. The molecule has 436 valence electrons. The number of carboxylic acids is 1. The maximum atomic E-state index is 13.1. The van der Waals surface area contributed by atoms with Gasteiger partial charge in [0, 0.05) is 5.41 Å². The van der Waals surface area contributed by atoms with Gasteiger partial charge in [0.15, 0.2) is 31.3 Å². The summed E-state index contributed by atoms with van der Waals surface area (Å²) in [6.07, 6.45) is -28.0. The van der Waals surface area contributed by atoms with Crippen molar-refractivity contribution < 1.29 is 114 Å². The number of allylic oxidation sites excluding steroid dienone is 2. The van der Waals surface area contributed by atoms with E-state index >= 15 is 0 Å². The van der Waals surface area contributed by atoms with Crippen LogP contribution in [0, 0.1) is 50.2 Å². The summed E-state index contributed by atoms with van der Waals surface area (Å²) in [6.45, 7) is 13.4. The van der Waals surface area contributed by atoms with E-state index in [4.69, 9.17) is 37.9 Å². The standard InChI is InChI=1S/C53H86O23/c1-48(2)14-15-53(21-56)23(16-48)22-8-9-28-50(5)12-11-30(49(3,4)27(50)10-13-51(28,6)52(22,7)17-29(53)58)72-47-42(76-45-37(65)35(63)33(61)26(19-55)71-45)39(38(66)40(74-47)43(67)68)73-46-41(31(59)24(57)20-69-46)75-44-36(64)34(62)32(60)25(18-54)70-44/h8,23-42,44-47,54-66H,9-21H2,1-7H3,(H,67,68). The molecule has 5 aliphatic carbocycles. The molecule has 23 heteroatoms. The fraction of sp³-hybridized carbons (Fsp3) is 0.943. The van der Waals surface area contributed by atoms with Crippen LogP contribution in [0.4, 0.5) is 0 Å². The second-order valence-corrected chi connectivity index (χ2v) is 26.0. The Kier molecular flexibility index (Phi) is 16.5. The fourth-order valence-electron chi connectivity index (χ4n) is 16.4. The van der Waals surface area contributed by atoms with E-state index in [1.807, 2.05) is 0 Å². The van der Waals surface area contributed by atoms with E-state index in [-0.39, 0.29) is 46.0 Å². The smallest absolute Gasteiger partial charge is 0.335 e. The van der Waals surface area contributed by atoms with Gasteiger partial charge in [-0.2, -0.15) is 0 Å². The number of carboxylic acid groups (broad SMARTS) is 1. The van der Waals surface area contributed by atoms with E-state index in [9.17, 15) is 76.3 Å². The maximum absolute atomic E-state index is 13.1. The number of ether oxygens (including phenoxy) is 8. The Morgan fingerprint density at radius 2 is 1.20 bits per heavy atom. The molecule has 4 saturated heterocycles. The van der Waals surface area contributed by atoms with E-state index in [0.29, 0.717) is 19.3 Å². The van der Waals surface area contributed by atoms with Crippen LogP contribution in [-0.2, 0) is 42.7 Å². The third-order valence-electron chi connectivity index (χ3n) is 21.2. The third kappa shape index (κ3) is 9.46. The van der Waals surface area contributed by atoms with Crippen molar-refractivity contribution in [2.45, 2.75) is 235 Å². The predicted molar refractivity (Wildman–Crippen MR) is 259 cm³/mol. The Balaban J connectivity index is 1.03. The van der Waals surface area contributed by atoms with Crippen LogP contribution in [0.5, 0.6) is 0 Å². The number of aliphatic hydroxyl groups is 13. The Morgan fingerprint density at radius 3 is 1.78 bits per heavy atom. The van der Waals surface area contributed by atoms with Gasteiger partial charge in [0.05, 0.1) is 38.6 Å². The number of aliphatic hydroxyl groups excluding tert-OH is 13. The van der Waals surface area contributed by atoms with Gasteiger partial charge < -0.3 is 109 Å². The summed E-state index contributed by atoms with van der Waals surface area (Å²) in [5.74, 6) is -1.47. The first-order valence-electron chi connectivity index (χ1n) is 27.3. The molecule has 23 nitrogen and oxygen atoms in total. The Morgan fingerprint density at radius 1 is 0.605 bits per heavy atom. The van der Waals surface area contributed by atoms with Crippen molar-refractivity contribution in [1.29, 1.82) is 0 Å². The molecule has 4 aliphatic heterocycles. The molecule has 0 bridgehead atoms. The predicted octanol–water partition coefficient (Wildman–Crippen LogP) is -1.86. The number of fused-ring (bicyclic) bond motifs is 7. The lowest BCUT2D eigenvalue weighted by Gasteiger charge is -2.72. The molecule has 0 aromatic carbocycles. The molecule has 8 fully saturated rings. The summed E-state index contributed by atoms with van der Waals surface area (Å²) < 4.78 is 48.6. The highest BCUT2D eigenvalue weighted by Crippen LogP contribution is 2.76. The van der Waals surface area contributed by atoms with Gasteiger partial charge in [0.25, 0.3) is 0 Å². The third-order valence-corrected chi connectivity index (χ3v) is 21.2. The van der Waals surface area contributed by atoms with Crippen molar-refractivity contribution in [3.8, 4) is 0 Å². The molecule has 0 aromatic rings. The van der Waals surface area contributed by atoms with E-state index in [1.165, 1.54) is 5.57 Å². The Bertz CT molecular complexity index is 2090. The number of hydrogen-bond acceptors (Lipinski definition) is 22. The highest BCUT2D eigenvalue weighted by atomic mass is 16.8. The van der Waals surface area contributed by atoms with Crippen molar-refractivity contribution in [3.63, 3.8) is 0 Å². The van der Waals surface area contributed by atoms with Crippen LogP contribution < -0.4 is 0 Å². The van der Waals surface area contributed by atoms with Gasteiger partial charge in [-0.3, -0.25) is 0 Å². The van der Waals surface area contributed by atoms with Gasteiger partial charge in [-0.15, -0.1) is 0 Å². The first-order valence-corrected chi connectivity index (χ1v) is 27.3. The van der Waals surface area contributed by atoms with Gasteiger partial charge in [-0.05, 0) is 103 Å². The number of hydrogen-bond donors (Lipinski definition) is 14. The fourth-order valence-corrected chi connectivity index (χ4v) is 16.4. The number of aliphatic carboxylic acids is 1. The zero-order valence-electron chi connectivity index (χ0n) is 44.6. The van der Waals surface area contributed by atoms with Crippen molar-refractivity contribution in [2.75, 3.05) is 26.4 Å². The van der Waals surface area contributed by atoms with Crippen LogP contribution in [0.2, 0.25) is 0 Å². The van der Waals surface area contributed by atoms with Crippen molar-refractivity contribution in [2.24, 2.45) is 50.2 Å². The molecular weight excluding hydrogens is 1000 g/mol. The topological polar surface area (TPSA) is 374 Å². The first kappa shape index (κ1) is 59.0. The number of carbonyl (C=O) groups is 1. The molecule has 0 radical (unpaired) electrons. The lowest BCUT2D eigenvalue weighted by molar-refractivity contribution is -0.401. The molecule has 0 aromatic heterocycles. The monoisotopic (exact) mass is 1090 g/mol. The van der Waals surface area contributed by atoms with E-state index in [0.717, 1.165) is 38.5 Å². The molecule has 4 heterocycles. The lowest BCUT2D eigenvalue weighted by atomic mass is 9.33. The number of rotatable bonds is 12. The Hall–Kier alpha value is -1.63. The summed E-state index contributed by atoms with van der Waals surface area (Å²) >= 11 is 0. The molecule has 0 amide bonds. The SMILES string of the molecule is CC1(C)CCC2(CO)C(O)CC3(C)C(=CCC4C5(C)CCC(OC6OC(C(=O)O)C(O)C(OC7OCC(O)C(O)C7OC7OC(CO)C(O)C(O)C7O)C6OC6OC(CO)C(O)C(O)C6O)C(C)(C)C5CCC43C)C2C1. The summed E-state index contributed by atoms with van der Waals surface area (Å²) in [4.78, 5) is 13.1. The van der Waals surface area contributed by atoms with Gasteiger partial charge >= 0.3 is 5.97 Å². The van der Waals surface area contributed by atoms with Crippen LogP contribution in [0.1, 0.15) is 106 Å². The zero-order chi connectivity index (χ0) is 55.6. The molecule has 0 spiro atoms. The zero-order valence-corrected chi connectivity index (χ0v) is 44.6. The molecule has 76 heavy (non-hydrogen) atoms. The van der Waals surface area contributed by atoms with Gasteiger partial charge in [-0.1, -0.05) is 60.1 Å². The normalized spacial score (nSPS) is 54.0. The summed E-state index contributed by atoms with van der Waals surface area (Å²) in [7, 11) is 0. The van der Waals surface area contributed by atoms with Crippen LogP contribution in [0.3, 0.4) is 0 Å². The highest BCUT2D eigenvalue weighted by Gasteiger charge is 2.70. The highest BCUT2D eigenvalue weighted by molar-refractivity contribution is 5.73. The maximum Gasteiger partial charge on any atom is 0.335 e. The second kappa shape index (κ2) is 21.3. The van der Waals surface area contributed by atoms with E-state index < -0.39 is 166 Å².